The van der Waals surface area contributed by atoms with Crippen molar-refractivity contribution in [3.05, 3.63) is 101 Å². The number of rotatable bonds is 10. The van der Waals surface area contributed by atoms with Crippen LogP contribution in [0.5, 0.6) is 0 Å². The molecule has 4 N–H and O–H groups in total. The number of halogens is 1. The Kier molecular flexibility index (Phi) is 7.60. The highest BCUT2D eigenvalue weighted by atomic mass is 35.5. The van der Waals surface area contributed by atoms with Crippen molar-refractivity contribution in [1.82, 2.24) is 35.7 Å². The van der Waals surface area contributed by atoms with Gasteiger partial charge in [0.2, 0.25) is 5.91 Å². The number of hydrogen-bond donors (Lipinski definition) is 4. The standard InChI is InChI=1S/C27H23ClN8O3/c28-19-7-10-24(36-16-30-34-35-36)18(13-19)6-11-25(37)31-21(12-17-4-2-1-3-5-17)15-29-20-8-9-23-22(14-20)26(27(38)39)33-32-23/h1-11,13-14,16,21,29H,12,15H2,(H,31,37)(H,32,33)(H,38,39)/b11-6+. The van der Waals surface area contributed by atoms with Crippen molar-refractivity contribution in [2.75, 3.05) is 11.9 Å². The van der Waals surface area contributed by atoms with Crippen molar-refractivity contribution < 1.29 is 14.7 Å². The number of carboxylic acid groups (broad SMARTS) is 1. The average molecular weight is 543 g/mol. The number of carboxylic acids is 1. The van der Waals surface area contributed by atoms with Crippen LogP contribution in [0.25, 0.3) is 22.7 Å². The van der Waals surface area contributed by atoms with Gasteiger partial charge in [-0.05, 0) is 64.9 Å². The number of hydrogen-bond acceptors (Lipinski definition) is 7. The van der Waals surface area contributed by atoms with Gasteiger partial charge in [-0.1, -0.05) is 41.9 Å². The SMILES string of the molecule is O=C(/C=C/c1cc(Cl)ccc1-n1cnnn1)NC(CNc1ccc2[nH]nc(C(=O)O)c2c1)Cc1ccccc1. The Bertz CT molecular complexity index is 1630. The highest BCUT2D eigenvalue weighted by molar-refractivity contribution is 6.30. The summed E-state index contributed by atoms with van der Waals surface area (Å²) in [5.41, 5.74) is 3.69. The first kappa shape index (κ1) is 25.6. The molecule has 11 nitrogen and oxygen atoms in total. The van der Waals surface area contributed by atoms with Gasteiger partial charge in [0, 0.05) is 34.3 Å². The molecule has 0 saturated carbocycles. The fourth-order valence-corrected chi connectivity index (χ4v) is 4.34. The van der Waals surface area contributed by atoms with Crippen molar-refractivity contribution in [2.24, 2.45) is 0 Å². The van der Waals surface area contributed by atoms with Crippen molar-refractivity contribution in [2.45, 2.75) is 12.5 Å². The first-order chi connectivity index (χ1) is 19.0. The van der Waals surface area contributed by atoms with Crippen LogP contribution in [0.15, 0.2) is 79.1 Å². The topological polar surface area (TPSA) is 151 Å². The summed E-state index contributed by atoms with van der Waals surface area (Å²) in [6.45, 7) is 0.396. The zero-order chi connectivity index (χ0) is 27.2. The number of carbonyl (C=O) groups excluding carboxylic acids is 1. The molecule has 2 heterocycles. The summed E-state index contributed by atoms with van der Waals surface area (Å²) in [5, 5.41) is 34.6. The molecule has 196 valence electrons. The van der Waals surface area contributed by atoms with E-state index in [1.54, 1.807) is 36.4 Å². The maximum Gasteiger partial charge on any atom is 0.357 e. The van der Waals surface area contributed by atoms with Crippen LogP contribution in [0.4, 0.5) is 5.69 Å². The van der Waals surface area contributed by atoms with Crippen LogP contribution in [0.2, 0.25) is 5.02 Å². The van der Waals surface area contributed by atoms with E-state index in [4.69, 9.17) is 11.6 Å². The van der Waals surface area contributed by atoms with Gasteiger partial charge in [0.15, 0.2) is 5.69 Å². The van der Waals surface area contributed by atoms with Gasteiger partial charge >= 0.3 is 5.97 Å². The molecule has 39 heavy (non-hydrogen) atoms. The monoisotopic (exact) mass is 542 g/mol. The van der Waals surface area contributed by atoms with Crippen LogP contribution >= 0.6 is 11.6 Å². The number of nitrogens with zero attached hydrogens (tertiary/aromatic N) is 5. The number of fused-ring (bicyclic) bond motifs is 1. The number of benzene rings is 3. The molecule has 1 atom stereocenters. The molecule has 0 fully saturated rings. The van der Waals surface area contributed by atoms with Gasteiger partial charge in [-0.15, -0.1) is 5.10 Å². The molecular weight excluding hydrogens is 520 g/mol. The van der Waals surface area contributed by atoms with E-state index >= 15 is 0 Å². The number of amides is 1. The largest absolute Gasteiger partial charge is 0.476 e. The lowest BCUT2D eigenvalue weighted by molar-refractivity contribution is -0.117. The Morgan fingerprint density at radius 3 is 2.72 bits per heavy atom. The summed E-state index contributed by atoms with van der Waals surface area (Å²) < 4.78 is 1.49. The highest BCUT2D eigenvalue weighted by Gasteiger charge is 2.15. The second kappa shape index (κ2) is 11.6. The predicted molar refractivity (Wildman–Crippen MR) is 147 cm³/mol. The molecule has 1 amide bonds. The maximum absolute atomic E-state index is 13.0. The van der Waals surface area contributed by atoms with E-state index in [1.165, 1.54) is 17.1 Å². The number of anilines is 1. The summed E-state index contributed by atoms with van der Waals surface area (Å²) >= 11 is 6.18. The first-order valence-electron chi connectivity index (χ1n) is 12.0. The van der Waals surface area contributed by atoms with Crippen molar-refractivity contribution in [1.29, 1.82) is 0 Å². The summed E-state index contributed by atoms with van der Waals surface area (Å²) in [6, 6.07) is 20.1. The molecule has 5 rings (SSSR count). The summed E-state index contributed by atoms with van der Waals surface area (Å²) in [6.07, 6.45) is 5.14. The second-order valence-electron chi connectivity index (χ2n) is 8.70. The third-order valence-electron chi connectivity index (χ3n) is 5.99. The van der Waals surface area contributed by atoms with E-state index in [-0.39, 0.29) is 17.6 Å². The number of H-pyrrole nitrogens is 1. The number of aromatic nitrogens is 6. The number of carbonyl (C=O) groups is 2. The first-order valence-corrected chi connectivity index (χ1v) is 12.3. The van der Waals surface area contributed by atoms with E-state index in [0.717, 1.165) is 5.56 Å². The van der Waals surface area contributed by atoms with Gasteiger partial charge in [0.05, 0.1) is 17.2 Å². The third-order valence-corrected chi connectivity index (χ3v) is 6.22. The maximum atomic E-state index is 13.0. The molecular formula is C27H23ClN8O3. The number of aromatic amines is 1. The molecule has 0 aliphatic heterocycles. The molecule has 1 unspecified atom stereocenters. The van der Waals surface area contributed by atoms with Crippen LogP contribution in [-0.4, -0.2) is 60.0 Å². The van der Waals surface area contributed by atoms with Gasteiger partial charge in [-0.2, -0.15) is 9.78 Å². The van der Waals surface area contributed by atoms with Gasteiger partial charge < -0.3 is 15.7 Å². The van der Waals surface area contributed by atoms with Crippen LogP contribution in [0, 0.1) is 0 Å². The summed E-state index contributed by atoms with van der Waals surface area (Å²) in [5.74, 6) is -1.40. The molecule has 12 heteroatoms. The Labute approximate surface area is 227 Å². The normalized spacial score (nSPS) is 12.0. The quantitative estimate of drug-likeness (QED) is 0.195. The molecule has 2 aromatic heterocycles. The van der Waals surface area contributed by atoms with Gasteiger partial charge in [-0.3, -0.25) is 9.89 Å². The highest BCUT2D eigenvalue weighted by Crippen LogP contribution is 2.22. The lowest BCUT2D eigenvalue weighted by atomic mass is 10.1. The molecule has 0 aliphatic carbocycles. The fourth-order valence-electron chi connectivity index (χ4n) is 4.15. The average Bonchev–Trinajstić information content (AvgIpc) is 3.61. The van der Waals surface area contributed by atoms with Crippen molar-refractivity contribution >= 4 is 46.1 Å². The second-order valence-corrected chi connectivity index (χ2v) is 9.14. The fraction of sp³-hybridized carbons (Fsp3) is 0.111. The number of aromatic carboxylic acids is 1. The van der Waals surface area contributed by atoms with Crippen LogP contribution in [0.1, 0.15) is 21.6 Å². The van der Waals surface area contributed by atoms with E-state index in [0.29, 0.717) is 45.8 Å². The number of tetrazole rings is 1. The Balaban J connectivity index is 1.32. The van der Waals surface area contributed by atoms with E-state index < -0.39 is 5.97 Å². The molecule has 0 bridgehead atoms. The minimum Gasteiger partial charge on any atom is -0.476 e. The zero-order valence-electron chi connectivity index (χ0n) is 20.5. The van der Waals surface area contributed by atoms with Gasteiger partial charge in [0.25, 0.3) is 0 Å². The van der Waals surface area contributed by atoms with E-state index in [1.807, 2.05) is 36.4 Å². The molecule has 3 aromatic carbocycles. The zero-order valence-corrected chi connectivity index (χ0v) is 21.2. The minimum absolute atomic E-state index is 0.0463. The molecule has 0 saturated heterocycles. The lowest BCUT2D eigenvalue weighted by Gasteiger charge is -2.20. The van der Waals surface area contributed by atoms with Crippen LogP contribution in [-0.2, 0) is 11.2 Å². The van der Waals surface area contributed by atoms with Crippen molar-refractivity contribution in [3.8, 4) is 5.69 Å². The van der Waals surface area contributed by atoms with Gasteiger partial charge in [-0.25, -0.2) is 4.79 Å². The number of nitrogens with one attached hydrogen (secondary N) is 3. The van der Waals surface area contributed by atoms with E-state index in [9.17, 15) is 14.7 Å². The molecule has 0 radical (unpaired) electrons. The van der Waals surface area contributed by atoms with Crippen molar-refractivity contribution in [3.63, 3.8) is 0 Å². The third kappa shape index (κ3) is 6.28. The summed E-state index contributed by atoms with van der Waals surface area (Å²) in [4.78, 5) is 24.5. The minimum atomic E-state index is -1.11. The Morgan fingerprint density at radius 2 is 1.95 bits per heavy atom. The van der Waals surface area contributed by atoms with Crippen LogP contribution in [0.3, 0.4) is 0 Å². The molecule has 0 aliphatic rings. The smallest absolute Gasteiger partial charge is 0.357 e. The van der Waals surface area contributed by atoms with E-state index in [2.05, 4.69) is 36.4 Å². The lowest BCUT2D eigenvalue weighted by Crippen LogP contribution is -2.40. The van der Waals surface area contributed by atoms with Gasteiger partial charge in [0.1, 0.15) is 6.33 Å². The predicted octanol–water partition coefficient (Wildman–Crippen LogP) is 3.74. The Hall–Kier alpha value is -5.03. The molecule has 5 aromatic rings. The summed E-state index contributed by atoms with van der Waals surface area (Å²) in [7, 11) is 0. The van der Waals surface area contributed by atoms with Crippen LogP contribution < -0.4 is 10.6 Å². The Morgan fingerprint density at radius 1 is 1.10 bits per heavy atom. The molecule has 0 spiro atoms.